The van der Waals surface area contributed by atoms with Gasteiger partial charge in [0.1, 0.15) is 0 Å². The molecule has 4 heteroatoms. The Morgan fingerprint density at radius 1 is 0.722 bits per heavy atom. The van der Waals surface area contributed by atoms with Crippen LogP contribution in [0.3, 0.4) is 0 Å². The zero-order valence-corrected chi connectivity index (χ0v) is 16.3. The molecule has 0 atom stereocenters. The Hall–Kier alpha value is 0.380. The van der Waals surface area contributed by atoms with Crippen LogP contribution in [0.1, 0.15) is 11.1 Å². The van der Waals surface area contributed by atoms with Gasteiger partial charge in [0.2, 0.25) is 0 Å². The maximum Gasteiger partial charge on any atom is -0.0860 e. The van der Waals surface area contributed by atoms with E-state index >= 15 is 0 Å². The normalized spacial score (nSPS) is 7.44. The molecule has 0 saturated carbocycles. The van der Waals surface area contributed by atoms with Crippen LogP contribution in [0.25, 0.3) is 0 Å². The van der Waals surface area contributed by atoms with Crippen molar-refractivity contribution in [2.45, 2.75) is 26.9 Å². The first-order valence-electron chi connectivity index (χ1n) is 5.40. The Labute approximate surface area is 139 Å². The number of halogens is 2. The second-order valence-corrected chi connectivity index (χ2v) is 13.3. The summed E-state index contributed by atoms with van der Waals surface area (Å²) in [5, 5.41) is 0. The molecule has 0 radical (unpaired) electrons. The maximum absolute atomic E-state index is 2.31. The summed E-state index contributed by atoms with van der Waals surface area (Å²) in [5.41, 5.74) is 2.90. The summed E-state index contributed by atoms with van der Waals surface area (Å²) in [7, 11) is 0. The standard InChI is InChI=1S/2C6H7.C2H6Si.2ClH.Zr/c2*1-6-4-2-3-5-6;1-3-2;;;/h2*2-5H,1H3;1-2H3;2*1H;/q2*-1;;;;+2/p-2. The summed E-state index contributed by atoms with van der Waals surface area (Å²) in [6, 6.07) is 16.5. The van der Waals surface area contributed by atoms with E-state index in [0.717, 1.165) is 0 Å². The van der Waals surface area contributed by atoms with Crippen molar-refractivity contribution in [1.29, 1.82) is 0 Å². The third kappa shape index (κ3) is 18.7. The molecule has 0 N–H and O–H groups in total. The molecule has 18 heavy (non-hydrogen) atoms. The summed E-state index contributed by atoms with van der Waals surface area (Å²) in [6.45, 7) is 8.78. The van der Waals surface area contributed by atoms with Crippen LogP contribution in [0, 0.1) is 13.8 Å². The molecule has 0 aliphatic rings. The number of aryl methyl sites for hydroxylation is 2. The van der Waals surface area contributed by atoms with E-state index in [1.165, 1.54) is 11.1 Å². The van der Waals surface area contributed by atoms with E-state index in [1.807, 2.05) is 24.3 Å². The van der Waals surface area contributed by atoms with E-state index in [1.54, 1.807) is 23.3 Å². The maximum atomic E-state index is 2.31. The van der Waals surface area contributed by atoms with Gasteiger partial charge in [-0.05, 0) is 0 Å². The van der Waals surface area contributed by atoms with Crippen LogP contribution < -0.4 is 24.8 Å². The quantitative estimate of drug-likeness (QED) is 0.376. The van der Waals surface area contributed by atoms with E-state index in [4.69, 9.17) is 0 Å². The molecule has 2 aromatic carbocycles. The summed E-state index contributed by atoms with van der Waals surface area (Å²) >= 11 is 1.74. The van der Waals surface area contributed by atoms with Crippen LogP contribution in [0.4, 0.5) is 0 Å². The van der Waals surface area contributed by atoms with Gasteiger partial charge in [-0.3, -0.25) is 0 Å². The topological polar surface area (TPSA) is 0 Å². The molecular formula is C14H20Cl2SiZr-2. The zero-order valence-electron chi connectivity index (χ0n) is 11.4. The molecule has 0 saturated heterocycles. The predicted octanol–water partition coefficient (Wildman–Crippen LogP) is -1.78. The third-order valence-electron chi connectivity index (χ3n) is 1.66. The van der Waals surface area contributed by atoms with Crippen LogP contribution in [0.5, 0.6) is 0 Å². The molecular weight excluding hydrogens is 358 g/mol. The molecule has 2 aromatic rings. The van der Waals surface area contributed by atoms with Crippen molar-refractivity contribution in [2.75, 3.05) is 0 Å². The van der Waals surface area contributed by atoms with E-state index < -0.39 is 0 Å². The Bertz CT molecular complexity index is 330. The first-order valence-corrected chi connectivity index (χ1v) is 11.6. The van der Waals surface area contributed by atoms with Gasteiger partial charge in [-0.15, -0.1) is 0 Å². The Kier molecular flexibility index (Phi) is 20.1. The fourth-order valence-corrected chi connectivity index (χ4v) is 0.940. The predicted molar refractivity (Wildman–Crippen MR) is 71.0 cm³/mol. The van der Waals surface area contributed by atoms with Gasteiger partial charge in [-0.25, -0.2) is 24.3 Å². The van der Waals surface area contributed by atoms with Crippen molar-refractivity contribution in [3.05, 3.63) is 59.7 Å². The van der Waals surface area contributed by atoms with Gasteiger partial charge in [0, 0.05) is 0 Å². The minimum atomic E-state index is 0. The largest absolute Gasteiger partial charge is 1.00 e. The molecule has 0 unspecified atom stereocenters. The Balaban J connectivity index is -0.000000182. The van der Waals surface area contributed by atoms with Gasteiger partial charge in [0.15, 0.2) is 0 Å². The van der Waals surface area contributed by atoms with Crippen molar-refractivity contribution >= 4 is 5.43 Å². The first kappa shape index (κ1) is 23.5. The molecule has 0 nitrogen and oxygen atoms in total. The molecule has 0 aromatic heterocycles. The number of hydrogen-bond acceptors (Lipinski definition) is 0. The van der Waals surface area contributed by atoms with Crippen LogP contribution in [-0.4, -0.2) is 5.43 Å². The van der Waals surface area contributed by atoms with Crippen LogP contribution in [0.15, 0.2) is 48.5 Å². The summed E-state index contributed by atoms with van der Waals surface area (Å²) in [5.74, 6) is 0. The Morgan fingerprint density at radius 2 is 0.889 bits per heavy atom. The molecule has 0 bridgehead atoms. The smallest absolute Gasteiger partial charge is 0.0860 e. The summed E-state index contributed by atoms with van der Waals surface area (Å²) in [4.78, 5) is 0. The van der Waals surface area contributed by atoms with Gasteiger partial charge in [-0.1, -0.05) is 13.8 Å². The van der Waals surface area contributed by atoms with E-state index in [2.05, 4.69) is 51.2 Å². The Morgan fingerprint density at radius 3 is 0.944 bits per heavy atom. The second-order valence-electron chi connectivity index (χ2n) is 3.92. The van der Waals surface area contributed by atoms with Crippen LogP contribution in [-0.2, 0) is 23.3 Å². The van der Waals surface area contributed by atoms with Crippen molar-refractivity contribution in [3.8, 4) is 0 Å². The monoisotopic (exact) mass is 376 g/mol. The van der Waals surface area contributed by atoms with Crippen molar-refractivity contribution in [1.82, 2.24) is 0 Å². The molecule has 0 heterocycles. The van der Waals surface area contributed by atoms with Crippen molar-refractivity contribution in [3.63, 3.8) is 0 Å². The van der Waals surface area contributed by atoms with Crippen LogP contribution >= 0.6 is 0 Å². The van der Waals surface area contributed by atoms with Gasteiger partial charge < -0.3 is 24.8 Å². The minimum Gasteiger partial charge on any atom is -1.00 e. The van der Waals surface area contributed by atoms with Gasteiger partial charge in [-0.2, -0.15) is 35.4 Å². The first-order chi connectivity index (χ1) is 7.52. The minimum absolute atomic E-state index is 0. The van der Waals surface area contributed by atoms with Gasteiger partial charge in [0.25, 0.3) is 0 Å². The van der Waals surface area contributed by atoms with E-state index in [0.29, 0.717) is 0 Å². The summed E-state index contributed by atoms with van der Waals surface area (Å²) in [6.07, 6.45) is 0. The fraction of sp³-hybridized carbons (Fsp3) is 0.286. The average molecular weight is 379 g/mol. The molecule has 0 aliphatic carbocycles. The van der Waals surface area contributed by atoms with Crippen LogP contribution in [0.2, 0.25) is 13.1 Å². The van der Waals surface area contributed by atoms with Gasteiger partial charge >= 0.3 is 41.9 Å². The molecule has 0 fully saturated rings. The molecule has 2 rings (SSSR count). The zero-order chi connectivity index (χ0) is 12.4. The van der Waals surface area contributed by atoms with Gasteiger partial charge in [0.05, 0.1) is 0 Å². The molecule has 0 aliphatic heterocycles. The summed E-state index contributed by atoms with van der Waals surface area (Å²) < 4.78 is 0. The number of rotatable bonds is 0. The molecule has 0 spiro atoms. The van der Waals surface area contributed by atoms with E-state index in [9.17, 15) is 0 Å². The van der Waals surface area contributed by atoms with E-state index in [-0.39, 0.29) is 30.2 Å². The average Bonchev–Trinajstić information content (AvgIpc) is 2.78. The van der Waals surface area contributed by atoms with Crippen molar-refractivity contribution < 1.29 is 48.1 Å². The second kappa shape index (κ2) is 15.4. The molecule has 100 valence electrons. The third-order valence-corrected chi connectivity index (χ3v) is 1.66. The number of hydrogen-bond donors (Lipinski definition) is 0. The SMILES string of the molecule is C[Si](C)=[Zr+2].C[c-]1cccc1.C[c-]1cccc1.[Cl-].[Cl-]. The fourth-order valence-electron chi connectivity index (χ4n) is 0.940. The molecule has 0 amide bonds. The van der Waals surface area contributed by atoms with Crippen molar-refractivity contribution in [2.24, 2.45) is 0 Å².